The number of phenols is 1. The second-order valence-electron chi connectivity index (χ2n) is 14.4. The Bertz CT molecular complexity index is 766. The van der Waals surface area contributed by atoms with E-state index in [1.165, 1.54) is 31.2 Å². The van der Waals surface area contributed by atoms with Gasteiger partial charge in [0, 0.05) is 11.1 Å². The molecule has 1 aliphatic carbocycles. The van der Waals surface area contributed by atoms with Gasteiger partial charge in [0.15, 0.2) is 0 Å². The van der Waals surface area contributed by atoms with Crippen LogP contribution in [0.4, 0.5) is 0 Å². The number of hydrogen-bond acceptors (Lipinski definition) is 3. The van der Waals surface area contributed by atoms with E-state index in [4.69, 9.17) is 4.74 Å². The number of rotatable bonds is 4. The first-order valence-electron chi connectivity index (χ1n) is 13.3. The van der Waals surface area contributed by atoms with Crippen molar-refractivity contribution in [2.75, 3.05) is 0 Å². The first-order valence-corrected chi connectivity index (χ1v) is 13.3. The van der Waals surface area contributed by atoms with E-state index in [9.17, 15) is 5.11 Å². The molecule has 188 valence electrons. The number of phenolic OH excluding ortho intramolecular Hbond substituents is 1. The molecule has 0 spiro atoms. The highest BCUT2D eigenvalue weighted by Crippen LogP contribution is 2.41. The molecule has 1 aromatic carbocycles. The lowest BCUT2D eigenvalue weighted by molar-refractivity contribution is -0.0790. The fraction of sp³-hybridized carbons (Fsp3) is 0.800. The van der Waals surface area contributed by atoms with Crippen LogP contribution < -0.4 is 5.32 Å². The van der Waals surface area contributed by atoms with Gasteiger partial charge in [-0.3, -0.25) is 0 Å². The van der Waals surface area contributed by atoms with Crippen molar-refractivity contribution in [2.45, 2.75) is 148 Å². The second-order valence-corrected chi connectivity index (χ2v) is 14.4. The highest BCUT2D eigenvalue weighted by atomic mass is 16.5. The maximum absolute atomic E-state index is 11.0. The van der Waals surface area contributed by atoms with Gasteiger partial charge in [0.25, 0.3) is 0 Å². The van der Waals surface area contributed by atoms with Gasteiger partial charge in [0.05, 0.1) is 12.2 Å². The summed E-state index contributed by atoms with van der Waals surface area (Å²) >= 11 is 0. The van der Waals surface area contributed by atoms with Gasteiger partial charge in [-0.15, -0.1) is 0 Å². The van der Waals surface area contributed by atoms with Crippen LogP contribution in [-0.2, 0) is 22.0 Å². The van der Waals surface area contributed by atoms with Gasteiger partial charge in [0.2, 0.25) is 0 Å². The van der Waals surface area contributed by atoms with Crippen LogP contribution in [0.1, 0.15) is 124 Å². The smallest absolute Gasteiger partial charge is 0.123 e. The van der Waals surface area contributed by atoms with Crippen molar-refractivity contribution in [1.82, 2.24) is 5.32 Å². The molecule has 0 radical (unpaired) electrons. The Labute approximate surface area is 204 Å². The Morgan fingerprint density at radius 2 is 1.27 bits per heavy atom. The number of hydrogen-bond donors (Lipinski definition) is 2. The first kappa shape index (κ1) is 26.5. The van der Waals surface area contributed by atoms with Crippen molar-refractivity contribution in [3.8, 4) is 5.75 Å². The molecule has 3 rings (SSSR count). The molecule has 1 saturated heterocycles. The third kappa shape index (κ3) is 6.98. The zero-order valence-electron chi connectivity index (χ0n) is 23.2. The predicted molar refractivity (Wildman–Crippen MR) is 140 cm³/mol. The van der Waals surface area contributed by atoms with Crippen LogP contribution >= 0.6 is 0 Å². The lowest BCUT2D eigenvalue weighted by atomic mass is 9.76. The number of nitrogens with one attached hydrogen (secondary N) is 1. The largest absolute Gasteiger partial charge is 0.507 e. The molecule has 0 atom stereocenters. The molecular weight excluding hydrogens is 406 g/mol. The molecule has 3 heteroatoms. The van der Waals surface area contributed by atoms with Gasteiger partial charge >= 0.3 is 0 Å². The Balaban J connectivity index is 1.64. The molecule has 0 unspecified atom stereocenters. The SMILES string of the molecule is CC1(C)CC(OC2CCC(Cc3cc(C(C)(C)C)c(O)c(C(C)(C)C)c3)CC2)CC(C)(C)N1. The first-order chi connectivity index (χ1) is 15.0. The molecule has 2 N–H and O–H groups in total. The van der Waals surface area contributed by atoms with Gasteiger partial charge in [-0.05, 0) is 106 Å². The molecule has 1 aliphatic heterocycles. The van der Waals surface area contributed by atoms with Crippen LogP contribution in [0.5, 0.6) is 5.75 Å². The quantitative estimate of drug-likeness (QED) is 0.494. The maximum Gasteiger partial charge on any atom is 0.123 e. The molecule has 1 saturated carbocycles. The standard InChI is InChI=1S/C30H51NO2/c1-27(2,3)24-16-21(17-25(26(24)32)28(4,5)6)15-20-11-13-22(14-12-20)33-23-18-29(7,8)31-30(9,10)19-23/h16-17,20,22-23,31-32H,11-15,18-19H2,1-10H3. The number of benzene rings is 1. The van der Waals surface area contributed by atoms with E-state index in [0.29, 0.717) is 23.9 Å². The van der Waals surface area contributed by atoms with Crippen LogP contribution in [0, 0.1) is 5.92 Å². The Morgan fingerprint density at radius 3 is 1.70 bits per heavy atom. The van der Waals surface area contributed by atoms with Gasteiger partial charge in [0.1, 0.15) is 5.75 Å². The van der Waals surface area contributed by atoms with Crippen molar-refractivity contribution < 1.29 is 9.84 Å². The van der Waals surface area contributed by atoms with Gasteiger partial charge in [-0.2, -0.15) is 0 Å². The highest BCUT2D eigenvalue weighted by Gasteiger charge is 2.39. The van der Waals surface area contributed by atoms with E-state index in [0.717, 1.165) is 30.4 Å². The van der Waals surface area contributed by atoms with Crippen LogP contribution in [0.15, 0.2) is 12.1 Å². The van der Waals surface area contributed by atoms with E-state index in [-0.39, 0.29) is 21.9 Å². The van der Waals surface area contributed by atoms with Crippen molar-refractivity contribution in [1.29, 1.82) is 0 Å². The average Bonchev–Trinajstić information content (AvgIpc) is 2.60. The van der Waals surface area contributed by atoms with E-state index in [1.807, 2.05) is 0 Å². The van der Waals surface area contributed by atoms with Gasteiger partial charge in [-0.1, -0.05) is 53.7 Å². The molecule has 33 heavy (non-hydrogen) atoms. The molecule has 3 nitrogen and oxygen atoms in total. The molecular formula is C30H51NO2. The van der Waals surface area contributed by atoms with E-state index in [1.54, 1.807) is 0 Å². The van der Waals surface area contributed by atoms with Gasteiger partial charge in [-0.25, -0.2) is 0 Å². The Morgan fingerprint density at radius 1 is 0.818 bits per heavy atom. The summed E-state index contributed by atoms with van der Waals surface area (Å²) < 4.78 is 6.67. The minimum Gasteiger partial charge on any atom is -0.507 e. The summed E-state index contributed by atoms with van der Waals surface area (Å²) in [5.41, 5.74) is 3.69. The topological polar surface area (TPSA) is 41.5 Å². The summed E-state index contributed by atoms with van der Waals surface area (Å²) in [6, 6.07) is 4.54. The molecule has 2 fully saturated rings. The van der Waals surface area contributed by atoms with Crippen LogP contribution in [0.2, 0.25) is 0 Å². The fourth-order valence-electron chi connectivity index (χ4n) is 6.36. The average molecular weight is 458 g/mol. The summed E-state index contributed by atoms with van der Waals surface area (Å²) in [4.78, 5) is 0. The number of ether oxygens (including phenoxy) is 1. The highest BCUT2D eigenvalue weighted by molar-refractivity contribution is 5.50. The lowest BCUT2D eigenvalue weighted by Crippen LogP contribution is -2.60. The van der Waals surface area contributed by atoms with Crippen molar-refractivity contribution in [2.24, 2.45) is 5.92 Å². The number of piperidine rings is 1. The Kier molecular flexibility index (Phi) is 7.39. The van der Waals surface area contributed by atoms with Crippen LogP contribution in [-0.4, -0.2) is 28.4 Å². The van der Waals surface area contributed by atoms with E-state index >= 15 is 0 Å². The third-order valence-corrected chi connectivity index (χ3v) is 7.64. The minimum absolute atomic E-state index is 0.0675. The monoisotopic (exact) mass is 457 g/mol. The normalized spacial score (nSPS) is 26.4. The van der Waals surface area contributed by atoms with Crippen molar-refractivity contribution in [3.63, 3.8) is 0 Å². The predicted octanol–water partition coefficient (Wildman–Crippen LogP) is 7.41. The van der Waals surface area contributed by atoms with E-state index < -0.39 is 0 Å². The molecule has 0 aromatic heterocycles. The Hall–Kier alpha value is -1.06. The zero-order valence-corrected chi connectivity index (χ0v) is 23.2. The minimum atomic E-state index is -0.0675. The lowest BCUT2D eigenvalue weighted by Gasteiger charge is -2.47. The third-order valence-electron chi connectivity index (χ3n) is 7.64. The van der Waals surface area contributed by atoms with Crippen molar-refractivity contribution in [3.05, 3.63) is 28.8 Å². The number of aromatic hydroxyl groups is 1. The molecule has 0 bridgehead atoms. The second kappa shape index (κ2) is 9.19. The molecule has 2 aliphatic rings. The summed E-state index contributed by atoms with van der Waals surface area (Å²) in [6.45, 7) is 22.4. The van der Waals surface area contributed by atoms with Crippen LogP contribution in [0.25, 0.3) is 0 Å². The van der Waals surface area contributed by atoms with Crippen molar-refractivity contribution >= 4 is 0 Å². The van der Waals surface area contributed by atoms with Gasteiger partial charge < -0.3 is 15.2 Å². The molecule has 0 amide bonds. The maximum atomic E-state index is 11.0. The summed E-state index contributed by atoms with van der Waals surface area (Å²) in [5.74, 6) is 1.19. The van der Waals surface area contributed by atoms with E-state index in [2.05, 4.69) is 86.7 Å². The molecule has 1 aromatic rings. The zero-order chi connectivity index (χ0) is 24.8. The van der Waals surface area contributed by atoms with Crippen LogP contribution in [0.3, 0.4) is 0 Å². The fourth-order valence-corrected chi connectivity index (χ4v) is 6.36. The summed E-state index contributed by atoms with van der Waals surface area (Å²) in [5, 5.41) is 14.8. The molecule has 1 heterocycles. The summed E-state index contributed by atoms with van der Waals surface area (Å²) in [6.07, 6.45) is 8.87. The summed E-state index contributed by atoms with van der Waals surface area (Å²) in [7, 11) is 0.